The summed E-state index contributed by atoms with van der Waals surface area (Å²) in [6.07, 6.45) is 2.04. The Morgan fingerprint density at radius 3 is 2.82 bits per heavy atom. The molecule has 1 aliphatic rings. The van der Waals surface area contributed by atoms with E-state index in [-0.39, 0.29) is 6.04 Å². The molecule has 2 unspecified atom stereocenters. The molecule has 0 aromatic heterocycles. The van der Waals surface area contributed by atoms with E-state index in [1.54, 1.807) is 0 Å². The SMILES string of the molecule is CN(CCc1ccccc1)C1COCCC1N. The first-order valence-electron chi connectivity index (χ1n) is 6.35. The molecule has 0 amide bonds. The van der Waals surface area contributed by atoms with Crippen molar-refractivity contribution in [2.24, 2.45) is 5.73 Å². The smallest absolute Gasteiger partial charge is 0.0636 e. The molecule has 0 bridgehead atoms. The van der Waals surface area contributed by atoms with Gasteiger partial charge in [0.15, 0.2) is 0 Å². The zero-order chi connectivity index (χ0) is 12.1. The summed E-state index contributed by atoms with van der Waals surface area (Å²) in [4.78, 5) is 2.33. The minimum absolute atomic E-state index is 0.254. The average Bonchev–Trinajstić information content (AvgIpc) is 2.38. The van der Waals surface area contributed by atoms with Crippen molar-refractivity contribution in [3.8, 4) is 0 Å². The van der Waals surface area contributed by atoms with E-state index in [0.717, 1.165) is 32.6 Å². The fourth-order valence-corrected chi connectivity index (χ4v) is 2.31. The van der Waals surface area contributed by atoms with Gasteiger partial charge >= 0.3 is 0 Å². The highest BCUT2D eigenvalue weighted by Crippen LogP contribution is 2.12. The zero-order valence-corrected chi connectivity index (χ0v) is 10.5. The molecular weight excluding hydrogens is 212 g/mol. The lowest BCUT2D eigenvalue weighted by Gasteiger charge is -2.35. The summed E-state index contributed by atoms with van der Waals surface area (Å²) in [5, 5.41) is 0. The van der Waals surface area contributed by atoms with Crippen LogP contribution >= 0.6 is 0 Å². The maximum Gasteiger partial charge on any atom is 0.0636 e. The molecule has 1 aromatic carbocycles. The van der Waals surface area contributed by atoms with Crippen LogP contribution in [0.15, 0.2) is 30.3 Å². The molecule has 94 valence electrons. The second kappa shape index (κ2) is 6.15. The molecule has 3 nitrogen and oxygen atoms in total. The Morgan fingerprint density at radius 2 is 2.12 bits per heavy atom. The van der Waals surface area contributed by atoms with Crippen LogP contribution in [0.4, 0.5) is 0 Å². The highest BCUT2D eigenvalue weighted by Gasteiger charge is 2.25. The van der Waals surface area contributed by atoms with Gasteiger partial charge in [0.2, 0.25) is 0 Å². The summed E-state index contributed by atoms with van der Waals surface area (Å²) < 4.78 is 5.50. The Morgan fingerprint density at radius 1 is 1.35 bits per heavy atom. The lowest BCUT2D eigenvalue weighted by atomic mass is 10.0. The van der Waals surface area contributed by atoms with Crippen LogP contribution in [0.3, 0.4) is 0 Å². The minimum atomic E-state index is 0.254. The van der Waals surface area contributed by atoms with E-state index in [0.29, 0.717) is 6.04 Å². The van der Waals surface area contributed by atoms with E-state index in [1.165, 1.54) is 5.56 Å². The molecule has 3 heteroatoms. The van der Waals surface area contributed by atoms with Gasteiger partial charge < -0.3 is 10.5 Å². The minimum Gasteiger partial charge on any atom is -0.380 e. The number of ether oxygens (including phenoxy) is 1. The van der Waals surface area contributed by atoms with Gasteiger partial charge in [0.1, 0.15) is 0 Å². The van der Waals surface area contributed by atoms with Gasteiger partial charge in [-0.3, -0.25) is 4.90 Å². The molecule has 2 atom stereocenters. The second-order valence-electron chi connectivity index (χ2n) is 4.81. The topological polar surface area (TPSA) is 38.5 Å². The van der Waals surface area contributed by atoms with Crippen LogP contribution < -0.4 is 5.73 Å². The van der Waals surface area contributed by atoms with Crippen molar-refractivity contribution >= 4 is 0 Å². The van der Waals surface area contributed by atoms with Crippen molar-refractivity contribution in [3.05, 3.63) is 35.9 Å². The third kappa shape index (κ3) is 3.53. The number of rotatable bonds is 4. The first-order chi connectivity index (χ1) is 8.27. The zero-order valence-electron chi connectivity index (χ0n) is 10.5. The van der Waals surface area contributed by atoms with Crippen molar-refractivity contribution in [2.45, 2.75) is 24.9 Å². The summed E-state index contributed by atoms with van der Waals surface area (Å²) in [6, 6.07) is 11.2. The first kappa shape index (κ1) is 12.6. The molecule has 0 saturated carbocycles. The molecule has 0 aliphatic carbocycles. The molecule has 1 fully saturated rings. The average molecular weight is 234 g/mol. The van der Waals surface area contributed by atoms with E-state index >= 15 is 0 Å². The number of benzene rings is 1. The third-order valence-electron chi connectivity index (χ3n) is 3.54. The predicted octanol–water partition coefficient (Wildman–Crippen LogP) is 1.28. The van der Waals surface area contributed by atoms with Crippen molar-refractivity contribution in [3.63, 3.8) is 0 Å². The number of nitrogens with zero attached hydrogens (tertiary/aromatic N) is 1. The Hall–Kier alpha value is -0.900. The van der Waals surface area contributed by atoms with Gasteiger partial charge in [-0.1, -0.05) is 30.3 Å². The van der Waals surface area contributed by atoms with Gasteiger partial charge in [0.05, 0.1) is 6.61 Å². The van der Waals surface area contributed by atoms with Crippen LogP contribution in [0.5, 0.6) is 0 Å². The van der Waals surface area contributed by atoms with Gasteiger partial charge in [-0.05, 0) is 25.5 Å². The number of likely N-dealkylation sites (N-methyl/N-ethyl adjacent to an activating group) is 1. The standard InChI is InChI=1S/C14H22N2O/c1-16(14-11-17-10-8-13(14)15)9-7-12-5-3-2-4-6-12/h2-6,13-14H,7-11,15H2,1H3. The van der Waals surface area contributed by atoms with E-state index < -0.39 is 0 Å². The maximum atomic E-state index is 6.13. The van der Waals surface area contributed by atoms with Crippen molar-refractivity contribution < 1.29 is 4.74 Å². The Bertz CT molecular complexity index is 328. The number of hydrogen-bond acceptors (Lipinski definition) is 3. The Kier molecular flexibility index (Phi) is 4.54. The molecule has 1 heterocycles. The largest absolute Gasteiger partial charge is 0.380 e. The van der Waals surface area contributed by atoms with Gasteiger partial charge in [0, 0.05) is 25.2 Å². The molecule has 2 N–H and O–H groups in total. The molecule has 17 heavy (non-hydrogen) atoms. The van der Waals surface area contributed by atoms with Gasteiger partial charge in [0.25, 0.3) is 0 Å². The monoisotopic (exact) mass is 234 g/mol. The number of hydrogen-bond donors (Lipinski definition) is 1. The van der Waals surface area contributed by atoms with Crippen LogP contribution in [0.1, 0.15) is 12.0 Å². The summed E-state index contributed by atoms with van der Waals surface area (Å²) in [6.45, 7) is 2.61. The van der Waals surface area contributed by atoms with Crippen LogP contribution in [-0.4, -0.2) is 43.8 Å². The predicted molar refractivity (Wildman–Crippen MR) is 70.0 cm³/mol. The highest BCUT2D eigenvalue weighted by molar-refractivity contribution is 5.14. The van der Waals surface area contributed by atoms with Crippen LogP contribution in [-0.2, 0) is 11.2 Å². The fourth-order valence-electron chi connectivity index (χ4n) is 2.31. The lowest BCUT2D eigenvalue weighted by Crippen LogP contribution is -2.52. The quantitative estimate of drug-likeness (QED) is 0.853. The van der Waals surface area contributed by atoms with Gasteiger partial charge in [-0.2, -0.15) is 0 Å². The second-order valence-corrected chi connectivity index (χ2v) is 4.81. The van der Waals surface area contributed by atoms with E-state index in [9.17, 15) is 0 Å². The summed E-state index contributed by atoms with van der Waals surface area (Å²) >= 11 is 0. The van der Waals surface area contributed by atoms with Crippen LogP contribution in [0.25, 0.3) is 0 Å². The summed E-state index contributed by atoms with van der Waals surface area (Å²) in [5.74, 6) is 0. The molecule has 1 saturated heterocycles. The molecular formula is C14H22N2O. The molecule has 2 rings (SSSR count). The fraction of sp³-hybridized carbons (Fsp3) is 0.571. The van der Waals surface area contributed by atoms with Gasteiger partial charge in [-0.15, -0.1) is 0 Å². The van der Waals surface area contributed by atoms with E-state index in [2.05, 4.69) is 42.3 Å². The molecule has 0 spiro atoms. The normalized spacial score (nSPS) is 25.1. The van der Waals surface area contributed by atoms with Gasteiger partial charge in [-0.25, -0.2) is 0 Å². The van der Waals surface area contributed by atoms with Crippen molar-refractivity contribution in [1.82, 2.24) is 4.90 Å². The van der Waals surface area contributed by atoms with Crippen LogP contribution in [0.2, 0.25) is 0 Å². The highest BCUT2D eigenvalue weighted by atomic mass is 16.5. The van der Waals surface area contributed by atoms with Crippen molar-refractivity contribution in [2.75, 3.05) is 26.8 Å². The molecule has 1 aliphatic heterocycles. The lowest BCUT2D eigenvalue weighted by molar-refractivity contribution is 0.0158. The van der Waals surface area contributed by atoms with E-state index in [4.69, 9.17) is 10.5 Å². The Balaban J connectivity index is 1.82. The Labute approximate surface area is 104 Å². The van der Waals surface area contributed by atoms with Crippen LogP contribution in [0, 0.1) is 0 Å². The summed E-state index contributed by atoms with van der Waals surface area (Å²) in [7, 11) is 2.14. The molecule has 0 radical (unpaired) electrons. The molecule has 1 aromatic rings. The first-order valence-corrected chi connectivity index (χ1v) is 6.35. The van der Waals surface area contributed by atoms with Crippen molar-refractivity contribution in [1.29, 1.82) is 0 Å². The summed E-state index contributed by atoms with van der Waals surface area (Å²) in [5.41, 5.74) is 7.51. The third-order valence-corrected chi connectivity index (χ3v) is 3.54. The van der Waals surface area contributed by atoms with E-state index in [1.807, 2.05) is 0 Å². The maximum absolute atomic E-state index is 6.13. The number of nitrogens with two attached hydrogens (primary N) is 1.